The van der Waals surface area contributed by atoms with Gasteiger partial charge in [-0.2, -0.15) is 31.4 Å². The van der Waals surface area contributed by atoms with Gasteiger partial charge in [0.2, 0.25) is 0 Å². The van der Waals surface area contributed by atoms with Crippen LogP contribution in [0.5, 0.6) is 0 Å². The Labute approximate surface area is 292 Å². The van der Waals surface area contributed by atoms with E-state index >= 15 is 0 Å². The standard InChI is InChI=1S/C36H44ClF6N3O4/c1-21(2)9-10-22(34-14-5-6-23(34)18-34)13-17-45(20-28(47)29-26(35(38,39)40)7-4-8-27(29)37)31(48)25-19-44-46(30(25)36(41,42)43)24-11-15-33(3,16-12-24)32(49)50/h4,7-8,19,21-24H,5-6,9-18,20H2,1-3H3,(H,49,50). The third-order valence-electron chi connectivity index (χ3n) is 11.6. The van der Waals surface area contributed by atoms with E-state index in [-0.39, 0.29) is 43.6 Å². The molecule has 0 saturated heterocycles. The van der Waals surface area contributed by atoms with E-state index in [1.54, 1.807) is 0 Å². The molecule has 1 heterocycles. The van der Waals surface area contributed by atoms with Gasteiger partial charge in [0, 0.05) is 6.54 Å². The van der Waals surface area contributed by atoms with Crippen LogP contribution in [0, 0.1) is 28.6 Å². The van der Waals surface area contributed by atoms with Crippen molar-refractivity contribution in [1.29, 1.82) is 0 Å². The molecular formula is C36H44ClF6N3O4. The summed E-state index contributed by atoms with van der Waals surface area (Å²) in [5.41, 5.74) is -5.30. The highest BCUT2D eigenvalue weighted by Gasteiger charge is 2.60. The number of halogens is 7. The fourth-order valence-corrected chi connectivity index (χ4v) is 8.82. The molecule has 1 aromatic carbocycles. The van der Waals surface area contributed by atoms with Gasteiger partial charge in [0.1, 0.15) is 0 Å². The molecule has 0 bridgehead atoms. The smallest absolute Gasteiger partial charge is 0.433 e. The van der Waals surface area contributed by atoms with E-state index in [2.05, 4.69) is 18.9 Å². The molecule has 3 unspecified atom stereocenters. The minimum Gasteiger partial charge on any atom is -0.481 e. The van der Waals surface area contributed by atoms with Gasteiger partial charge < -0.3 is 10.0 Å². The number of carbonyl (C=O) groups is 3. The van der Waals surface area contributed by atoms with E-state index in [1.165, 1.54) is 6.92 Å². The number of fused-ring (bicyclic) bond motifs is 1. The number of rotatable bonds is 13. The Balaban J connectivity index is 1.49. The molecule has 3 saturated carbocycles. The first-order valence-electron chi connectivity index (χ1n) is 17.3. The molecule has 3 aliphatic rings. The highest BCUT2D eigenvalue weighted by Crippen LogP contribution is 2.69. The van der Waals surface area contributed by atoms with Crippen molar-refractivity contribution in [2.45, 2.75) is 110 Å². The van der Waals surface area contributed by atoms with Gasteiger partial charge >= 0.3 is 18.3 Å². The van der Waals surface area contributed by atoms with Crippen molar-refractivity contribution in [1.82, 2.24) is 14.7 Å². The number of benzene rings is 1. The lowest BCUT2D eigenvalue weighted by molar-refractivity contribution is -0.152. The second-order valence-corrected chi connectivity index (χ2v) is 15.6. The van der Waals surface area contributed by atoms with Crippen LogP contribution in [0.2, 0.25) is 5.02 Å². The second-order valence-electron chi connectivity index (χ2n) is 15.2. The molecule has 50 heavy (non-hydrogen) atoms. The third-order valence-corrected chi connectivity index (χ3v) is 11.9. The van der Waals surface area contributed by atoms with Crippen LogP contribution in [0.4, 0.5) is 26.3 Å². The maximum atomic E-state index is 14.8. The van der Waals surface area contributed by atoms with Gasteiger partial charge in [-0.15, -0.1) is 0 Å². The van der Waals surface area contributed by atoms with Gasteiger partial charge in [-0.25, -0.2) is 0 Å². The van der Waals surface area contributed by atoms with E-state index < -0.39 is 75.4 Å². The first-order valence-corrected chi connectivity index (χ1v) is 17.7. The number of carboxylic acids is 1. The van der Waals surface area contributed by atoms with Crippen molar-refractivity contribution in [2.24, 2.45) is 28.6 Å². The quantitative estimate of drug-likeness (QED) is 0.164. The van der Waals surface area contributed by atoms with Crippen LogP contribution in [0.3, 0.4) is 0 Å². The van der Waals surface area contributed by atoms with Gasteiger partial charge in [-0.1, -0.05) is 44.4 Å². The van der Waals surface area contributed by atoms with Crippen molar-refractivity contribution in [3.8, 4) is 0 Å². The van der Waals surface area contributed by atoms with Gasteiger partial charge in [-0.05, 0) is 100 Å². The molecule has 1 aromatic heterocycles. The summed E-state index contributed by atoms with van der Waals surface area (Å²) in [4.78, 5) is 40.5. The van der Waals surface area contributed by atoms with E-state index in [9.17, 15) is 45.8 Å². The van der Waals surface area contributed by atoms with Crippen LogP contribution in [-0.2, 0) is 17.1 Å². The largest absolute Gasteiger partial charge is 0.481 e. The molecule has 0 aliphatic heterocycles. The summed E-state index contributed by atoms with van der Waals surface area (Å²) in [6.45, 7) is 4.66. The first-order chi connectivity index (χ1) is 23.3. The number of hydrogen-bond acceptors (Lipinski definition) is 4. The maximum Gasteiger partial charge on any atom is 0.433 e. The lowest BCUT2D eigenvalue weighted by Gasteiger charge is -2.34. The van der Waals surface area contributed by atoms with Crippen LogP contribution in [-0.4, -0.2) is 50.5 Å². The summed E-state index contributed by atoms with van der Waals surface area (Å²) in [6.07, 6.45) is -2.53. The predicted octanol–water partition coefficient (Wildman–Crippen LogP) is 9.74. The summed E-state index contributed by atoms with van der Waals surface area (Å²) in [6, 6.07) is 2.04. The van der Waals surface area contributed by atoms with Crippen molar-refractivity contribution in [3.63, 3.8) is 0 Å². The van der Waals surface area contributed by atoms with Gasteiger partial charge in [0.15, 0.2) is 11.5 Å². The van der Waals surface area contributed by atoms with Crippen LogP contribution in [0.1, 0.15) is 129 Å². The summed E-state index contributed by atoms with van der Waals surface area (Å²) in [7, 11) is 0. The van der Waals surface area contributed by atoms with Gasteiger partial charge in [0.05, 0.1) is 45.9 Å². The fraction of sp³-hybridized carbons (Fsp3) is 0.667. The molecule has 5 rings (SSSR count). The molecule has 7 nitrogen and oxygen atoms in total. The van der Waals surface area contributed by atoms with Crippen LogP contribution >= 0.6 is 11.6 Å². The zero-order valence-electron chi connectivity index (χ0n) is 28.5. The Morgan fingerprint density at radius 1 is 1.02 bits per heavy atom. The number of carboxylic acid groups (broad SMARTS) is 1. The third kappa shape index (κ3) is 7.72. The SMILES string of the molecule is CC(C)CCC(CCN(CC(=O)c1c(Cl)cccc1C(F)(F)F)C(=O)c1cnn(C2CCC(C)(C(=O)O)CC2)c1C(F)(F)F)C12CCCC1C2. The molecule has 276 valence electrons. The average Bonchev–Trinajstić information content (AvgIpc) is 3.33. The zero-order valence-corrected chi connectivity index (χ0v) is 29.2. The molecule has 3 aliphatic carbocycles. The topological polar surface area (TPSA) is 92.5 Å². The second kappa shape index (κ2) is 14.1. The number of carbonyl (C=O) groups excluding carboxylic acids is 2. The molecule has 0 radical (unpaired) electrons. The van der Waals surface area contributed by atoms with Crippen LogP contribution < -0.4 is 0 Å². The Bertz CT molecular complexity index is 1600. The van der Waals surface area contributed by atoms with Crippen molar-refractivity contribution >= 4 is 29.3 Å². The number of ketones is 1. The van der Waals surface area contributed by atoms with E-state index in [1.807, 2.05) is 0 Å². The molecule has 3 fully saturated rings. The van der Waals surface area contributed by atoms with Gasteiger partial charge in [-0.3, -0.25) is 19.1 Å². The van der Waals surface area contributed by atoms with Crippen LogP contribution in [0.15, 0.2) is 24.4 Å². The Morgan fingerprint density at radius 2 is 1.70 bits per heavy atom. The van der Waals surface area contributed by atoms with E-state index in [0.29, 0.717) is 24.3 Å². The van der Waals surface area contributed by atoms with Crippen molar-refractivity contribution < 1.29 is 45.8 Å². The average molecular weight is 732 g/mol. The zero-order chi connectivity index (χ0) is 36.8. The molecular weight excluding hydrogens is 688 g/mol. The lowest BCUT2D eigenvalue weighted by Crippen LogP contribution is -2.39. The molecule has 3 atom stereocenters. The number of alkyl halides is 6. The number of aliphatic carboxylic acids is 1. The van der Waals surface area contributed by atoms with E-state index in [0.717, 1.165) is 66.4 Å². The number of nitrogens with zero attached hydrogens (tertiary/aromatic N) is 3. The number of Topliss-reactive ketones (excluding diaryl/α,β-unsaturated/α-hetero) is 1. The normalized spacial score (nSPS) is 25.7. The first kappa shape index (κ1) is 38.1. The predicted molar refractivity (Wildman–Crippen MR) is 174 cm³/mol. The monoisotopic (exact) mass is 731 g/mol. The maximum absolute atomic E-state index is 14.8. The Morgan fingerprint density at radius 3 is 2.24 bits per heavy atom. The summed E-state index contributed by atoms with van der Waals surface area (Å²) in [5, 5.41) is 13.1. The Hall–Kier alpha value is -3.09. The van der Waals surface area contributed by atoms with Crippen LogP contribution in [0.25, 0.3) is 0 Å². The molecule has 2 aromatic rings. The number of aromatic nitrogens is 2. The van der Waals surface area contributed by atoms with Crippen molar-refractivity contribution in [2.75, 3.05) is 13.1 Å². The minimum absolute atomic E-state index is 0.0766. The highest BCUT2D eigenvalue weighted by atomic mass is 35.5. The Kier molecular flexibility index (Phi) is 10.8. The molecule has 14 heteroatoms. The molecule has 0 spiro atoms. The molecule has 1 N–H and O–H groups in total. The van der Waals surface area contributed by atoms with E-state index in [4.69, 9.17) is 11.6 Å². The minimum atomic E-state index is -5.05. The van der Waals surface area contributed by atoms with Gasteiger partial charge in [0.25, 0.3) is 5.91 Å². The van der Waals surface area contributed by atoms with Crippen molar-refractivity contribution in [3.05, 3.63) is 51.8 Å². The number of hydrogen-bond donors (Lipinski definition) is 1. The summed E-state index contributed by atoms with van der Waals surface area (Å²) in [5.74, 6) is -2.29. The molecule has 1 amide bonds. The highest BCUT2D eigenvalue weighted by molar-refractivity contribution is 6.34. The lowest BCUT2D eigenvalue weighted by atomic mass is 9.74. The fourth-order valence-electron chi connectivity index (χ4n) is 8.54. The summed E-state index contributed by atoms with van der Waals surface area (Å²) >= 11 is 6.11. The number of amides is 1. The summed E-state index contributed by atoms with van der Waals surface area (Å²) < 4.78 is 87.0.